The van der Waals surface area contributed by atoms with Crippen molar-refractivity contribution in [3.63, 3.8) is 0 Å². The Kier molecular flexibility index (Phi) is 7.38. The van der Waals surface area contributed by atoms with Crippen molar-refractivity contribution in [1.29, 1.82) is 0 Å². The largest absolute Gasteiger partial charge is 0.497 e. The van der Waals surface area contributed by atoms with Gasteiger partial charge >= 0.3 is 0 Å². The van der Waals surface area contributed by atoms with Crippen molar-refractivity contribution in [3.8, 4) is 33.4 Å². The van der Waals surface area contributed by atoms with E-state index in [-0.39, 0.29) is 0 Å². The van der Waals surface area contributed by atoms with Gasteiger partial charge in [-0.3, -0.25) is 4.90 Å². The molecule has 6 heteroatoms. The van der Waals surface area contributed by atoms with Gasteiger partial charge in [0.25, 0.3) is 0 Å². The first-order valence-electron chi connectivity index (χ1n) is 11.7. The van der Waals surface area contributed by atoms with E-state index < -0.39 is 0 Å². The summed E-state index contributed by atoms with van der Waals surface area (Å²) in [7, 11) is 1.69. The van der Waals surface area contributed by atoms with Gasteiger partial charge in [0.2, 0.25) is 0 Å². The lowest BCUT2D eigenvalue weighted by Crippen LogP contribution is -2.33. The molecule has 0 spiro atoms. The fourth-order valence-corrected chi connectivity index (χ4v) is 5.70. The van der Waals surface area contributed by atoms with Crippen LogP contribution in [0.25, 0.3) is 20.5 Å². The third kappa shape index (κ3) is 5.40. The van der Waals surface area contributed by atoms with Gasteiger partial charge in [-0.25, -0.2) is 0 Å². The van der Waals surface area contributed by atoms with Crippen molar-refractivity contribution >= 4 is 37.4 Å². The SMILES string of the molecule is COc1ccc2c(Oc3ccc(OCCN4CCCCC4)cc3)c(-c3ccc(Br)cc3)sc2c1. The van der Waals surface area contributed by atoms with Crippen LogP contribution in [0.3, 0.4) is 0 Å². The molecule has 4 nitrogen and oxygen atoms in total. The number of nitrogens with zero attached hydrogens (tertiary/aromatic N) is 1. The molecule has 0 radical (unpaired) electrons. The van der Waals surface area contributed by atoms with Gasteiger partial charge in [-0.05, 0) is 86.1 Å². The van der Waals surface area contributed by atoms with Gasteiger partial charge in [-0.15, -0.1) is 11.3 Å². The molecule has 0 atom stereocenters. The molecule has 1 aromatic heterocycles. The summed E-state index contributed by atoms with van der Waals surface area (Å²) in [5, 5.41) is 1.07. The molecule has 176 valence electrons. The molecule has 3 aromatic carbocycles. The molecule has 1 fully saturated rings. The Labute approximate surface area is 213 Å². The normalized spacial score (nSPS) is 14.3. The summed E-state index contributed by atoms with van der Waals surface area (Å²) in [5.41, 5.74) is 1.12. The van der Waals surface area contributed by atoms with E-state index in [0.717, 1.165) is 54.5 Å². The number of likely N-dealkylation sites (tertiary alicyclic amines) is 1. The van der Waals surface area contributed by atoms with Crippen LogP contribution in [0.2, 0.25) is 0 Å². The van der Waals surface area contributed by atoms with E-state index >= 15 is 0 Å². The lowest BCUT2D eigenvalue weighted by atomic mass is 10.1. The minimum absolute atomic E-state index is 0.713. The number of halogens is 1. The molecule has 0 bridgehead atoms. The number of fused-ring (bicyclic) bond motifs is 1. The number of rotatable bonds is 8. The second kappa shape index (κ2) is 10.8. The van der Waals surface area contributed by atoms with Crippen molar-refractivity contribution in [2.75, 3.05) is 33.4 Å². The summed E-state index contributed by atoms with van der Waals surface area (Å²) in [6.45, 7) is 4.08. The van der Waals surface area contributed by atoms with Crippen LogP contribution in [0, 0.1) is 0 Å². The highest BCUT2D eigenvalue weighted by atomic mass is 79.9. The topological polar surface area (TPSA) is 30.9 Å². The van der Waals surface area contributed by atoms with Crippen LogP contribution >= 0.6 is 27.3 Å². The molecule has 1 saturated heterocycles. The number of hydrogen-bond acceptors (Lipinski definition) is 5. The fraction of sp³-hybridized carbons (Fsp3) is 0.286. The predicted octanol–water partition coefficient (Wildman–Crippen LogP) is 8.00. The van der Waals surface area contributed by atoms with Gasteiger partial charge < -0.3 is 14.2 Å². The summed E-state index contributed by atoms with van der Waals surface area (Å²) in [6.07, 6.45) is 3.96. The van der Waals surface area contributed by atoms with Crippen LogP contribution in [0.1, 0.15) is 19.3 Å². The number of hydrogen-bond donors (Lipinski definition) is 0. The molecule has 2 heterocycles. The van der Waals surface area contributed by atoms with Gasteiger partial charge in [-0.2, -0.15) is 0 Å². The Morgan fingerprint density at radius 1 is 0.853 bits per heavy atom. The number of methoxy groups -OCH3 is 1. The molecule has 0 amide bonds. The summed E-state index contributed by atoms with van der Waals surface area (Å²) in [6, 6.07) is 22.4. The van der Waals surface area contributed by atoms with Crippen LogP contribution in [0.4, 0.5) is 0 Å². The molecule has 4 aromatic rings. The summed E-state index contributed by atoms with van der Waals surface area (Å²) in [5.74, 6) is 3.37. The number of ether oxygens (including phenoxy) is 3. The van der Waals surface area contributed by atoms with E-state index in [4.69, 9.17) is 14.2 Å². The van der Waals surface area contributed by atoms with E-state index in [1.54, 1.807) is 18.4 Å². The Balaban J connectivity index is 1.35. The van der Waals surface area contributed by atoms with Gasteiger partial charge in [0, 0.05) is 21.1 Å². The van der Waals surface area contributed by atoms with Crippen LogP contribution in [0.15, 0.2) is 71.2 Å². The first kappa shape index (κ1) is 23.2. The quantitative estimate of drug-likeness (QED) is 0.228. The number of piperidine rings is 1. The van der Waals surface area contributed by atoms with Crippen molar-refractivity contribution in [1.82, 2.24) is 4.90 Å². The molecule has 34 heavy (non-hydrogen) atoms. The second-order valence-electron chi connectivity index (χ2n) is 8.45. The van der Waals surface area contributed by atoms with Gasteiger partial charge in [-0.1, -0.05) is 34.5 Å². The molecule has 0 unspecified atom stereocenters. The van der Waals surface area contributed by atoms with Crippen molar-refractivity contribution in [2.24, 2.45) is 0 Å². The minimum atomic E-state index is 0.713. The molecule has 0 N–H and O–H groups in total. The third-order valence-corrected chi connectivity index (χ3v) is 7.84. The van der Waals surface area contributed by atoms with E-state index in [1.807, 2.05) is 30.3 Å². The summed E-state index contributed by atoms with van der Waals surface area (Å²) >= 11 is 5.24. The maximum atomic E-state index is 6.47. The Hall–Kier alpha value is -2.54. The first-order valence-corrected chi connectivity index (χ1v) is 13.3. The van der Waals surface area contributed by atoms with Crippen molar-refractivity contribution in [2.45, 2.75) is 19.3 Å². The lowest BCUT2D eigenvalue weighted by molar-refractivity contribution is 0.183. The van der Waals surface area contributed by atoms with Gasteiger partial charge in [0.05, 0.1) is 12.0 Å². The molecule has 0 aliphatic carbocycles. The van der Waals surface area contributed by atoms with E-state index in [1.165, 1.54) is 32.4 Å². The van der Waals surface area contributed by atoms with Crippen molar-refractivity contribution < 1.29 is 14.2 Å². The van der Waals surface area contributed by atoms with Gasteiger partial charge in [0.15, 0.2) is 5.75 Å². The third-order valence-electron chi connectivity index (χ3n) is 6.13. The van der Waals surface area contributed by atoms with Crippen LogP contribution in [-0.2, 0) is 0 Å². The molecule has 5 rings (SSSR count). The zero-order valence-corrected chi connectivity index (χ0v) is 21.7. The predicted molar refractivity (Wildman–Crippen MR) is 144 cm³/mol. The highest BCUT2D eigenvalue weighted by molar-refractivity contribution is 9.10. The Bertz CT molecular complexity index is 1230. The Morgan fingerprint density at radius 3 is 2.29 bits per heavy atom. The average molecular weight is 539 g/mol. The summed E-state index contributed by atoms with van der Waals surface area (Å²) < 4.78 is 20.1. The van der Waals surface area contributed by atoms with Crippen LogP contribution in [-0.4, -0.2) is 38.3 Å². The summed E-state index contributed by atoms with van der Waals surface area (Å²) in [4.78, 5) is 3.58. The minimum Gasteiger partial charge on any atom is -0.497 e. The van der Waals surface area contributed by atoms with Crippen LogP contribution in [0.5, 0.6) is 23.0 Å². The molecular formula is C28H28BrNO3S. The smallest absolute Gasteiger partial charge is 0.153 e. The van der Waals surface area contributed by atoms with Crippen molar-refractivity contribution in [3.05, 3.63) is 71.2 Å². The monoisotopic (exact) mass is 537 g/mol. The fourth-order valence-electron chi connectivity index (χ4n) is 4.27. The maximum Gasteiger partial charge on any atom is 0.153 e. The highest BCUT2D eigenvalue weighted by Gasteiger charge is 2.17. The zero-order valence-electron chi connectivity index (χ0n) is 19.3. The van der Waals surface area contributed by atoms with E-state index in [2.05, 4.69) is 57.2 Å². The molecule has 0 saturated carbocycles. The number of thiophene rings is 1. The van der Waals surface area contributed by atoms with Gasteiger partial charge in [0.1, 0.15) is 23.9 Å². The first-order chi connectivity index (χ1) is 16.7. The van der Waals surface area contributed by atoms with E-state index in [0.29, 0.717) is 6.61 Å². The standard InChI is InChI=1S/C28H28BrNO3S/c1-31-24-13-14-25-26(19-24)34-28(20-5-7-21(29)8-6-20)27(25)33-23-11-9-22(10-12-23)32-18-17-30-15-3-2-4-16-30/h5-14,19H,2-4,15-18H2,1H3. The highest BCUT2D eigenvalue weighted by Crippen LogP contribution is 2.47. The molecule has 1 aliphatic rings. The maximum absolute atomic E-state index is 6.47. The molecule has 1 aliphatic heterocycles. The molecular weight excluding hydrogens is 510 g/mol. The zero-order chi connectivity index (χ0) is 23.3. The average Bonchev–Trinajstić information content (AvgIpc) is 3.23. The van der Waals surface area contributed by atoms with E-state index in [9.17, 15) is 0 Å². The Morgan fingerprint density at radius 2 is 1.56 bits per heavy atom. The second-order valence-corrected chi connectivity index (χ2v) is 10.4. The van der Waals surface area contributed by atoms with Crippen LogP contribution < -0.4 is 14.2 Å². The number of benzene rings is 3. The lowest BCUT2D eigenvalue weighted by Gasteiger charge is -2.26.